The molecule has 0 amide bonds. The van der Waals surface area contributed by atoms with E-state index in [4.69, 9.17) is 14.5 Å². The fraction of sp³-hybridized carbons (Fsp3) is 0.519. The van der Waals surface area contributed by atoms with Crippen molar-refractivity contribution in [3.63, 3.8) is 0 Å². The van der Waals surface area contributed by atoms with Crippen LogP contribution < -0.4 is 0 Å². The van der Waals surface area contributed by atoms with Crippen molar-refractivity contribution in [1.29, 1.82) is 0 Å². The molecule has 3 unspecified atom stereocenters. The molecule has 0 N–H and O–H groups in total. The number of ketones is 1. The van der Waals surface area contributed by atoms with Crippen LogP contribution in [0.5, 0.6) is 0 Å². The molecule has 1 aliphatic heterocycles. The number of hydrogen-bond donors (Lipinski definition) is 0. The quantitative estimate of drug-likeness (QED) is 0.325. The molecule has 5 rings (SSSR count). The topological polar surface area (TPSA) is 70.4 Å². The summed E-state index contributed by atoms with van der Waals surface area (Å²) in [6, 6.07) is 9.99. The Morgan fingerprint density at radius 1 is 1.15 bits per heavy atom. The van der Waals surface area contributed by atoms with E-state index < -0.39 is 0 Å². The minimum absolute atomic E-state index is 0.0604. The molecule has 3 heterocycles. The van der Waals surface area contributed by atoms with E-state index in [9.17, 15) is 9.59 Å². The van der Waals surface area contributed by atoms with Gasteiger partial charge in [-0.15, -0.1) is 11.3 Å². The first kappa shape index (κ1) is 23.2. The minimum Gasteiger partial charge on any atom is -0.457 e. The standard InChI is InChI=1S/C27H32N2O4S/c1-17-14-22(18(2)29(17)15-19-8-7-13-32-19)24(30)16-33-27(31)21-10-4-3-9-20(21)26-28-23-11-5-6-12-25(23)34-26/h5-6,11-12,14,19-21H,3-4,7-10,13,15-16H2,1-2H3. The van der Waals surface area contributed by atoms with Crippen LogP contribution in [0.25, 0.3) is 10.2 Å². The van der Waals surface area contributed by atoms with Crippen molar-refractivity contribution in [2.75, 3.05) is 13.2 Å². The van der Waals surface area contributed by atoms with Crippen LogP contribution in [-0.2, 0) is 20.8 Å². The Balaban J connectivity index is 1.25. The van der Waals surface area contributed by atoms with Crippen LogP contribution in [0.1, 0.15) is 71.2 Å². The van der Waals surface area contributed by atoms with Crippen LogP contribution in [0.4, 0.5) is 0 Å². The van der Waals surface area contributed by atoms with Crippen LogP contribution in [0.2, 0.25) is 0 Å². The SMILES string of the molecule is Cc1cc(C(=O)COC(=O)C2CCCCC2c2nc3ccccc3s2)c(C)n1CC1CCCO1. The van der Waals surface area contributed by atoms with E-state index in [1.54, 1.807) is 11.3 Å². The Kier molecular flexibility index (Phi) is 6.84. The molecule has 6 nitrogen and oxygen atoms in total. The maximum atomic E-state index is 13.1. The van der Waals surface area contributed by atoms with Crippen molar-refractivity contribution in [3.05, 3.63) is 52.3 Å². The van der Waals surface area contributed by atoms with Crippen molar-refractivity contribution in [3.8, 4) is 0 Å². The lowest BCUT2D eigenvalue weighted by atomic mass is 9.79. The largest absolute Gasteiger partial charge is 0.457 e. The van der Waals surface area contributed by atoms with E-state index in [0.717, 1.165) is 78.3 Å². The summed E-state index contributed by atoms with van der Waals surface area (Å²) < 4.78 is 14.7. The molecule has 0 radical (unpaired) electrons. The molecule has 2 fully saturated rings. The van der Waals surface area contributed by atoms with Crippen molar-refractivity contribution in [2.45, 2.75) is 70.9 Å². The van der Waals surface area contributed by atoms with Crippen molar-refractivity contribution >= 4 is 33.3 Å². The number of thiazole rings is 1. The molecule has 1 aliphatic carbocycles. The van der Waals surface area contributed by atoms with Gasteiger partial charge in [-0.25, -0.2) is 4.98 Å². The first-order chi connectivity index (χ1) is 16.5. The molecule has 0 spiro atoms. The molecule has 1 saturated carbocycles. The molecular weight excluding hydrogens is 448 g/mol. The number of Topliss-reactive ketones (excluding diaryl/α,β-unsaturated/α-hetero) is 1. The lowest BCUT2D eigenvalue weighted by Crippen LogP contribution is -2.29. The summed E-state index contributed by atoms with van der Waals surface area (Å²) in [5.74, 6) is -0.600. The Hall–Kier alpha value is -2.51. The fourth-order valence-corrected chi connectivity index (χ4v) is 6.60. The molecule has 1 saturated heterocycles. The number of para-hydroxylation sites is 1. The van der Waals surface area contributed by atoms with Crippen LogP contribution in [0, 0.1) is 19.8 Å². The summed E-state index contributed by atoms with van der Waals surface area (Å²) in [4.78, 5) is 30.9. The number of aromatic nitrogens is 2. The highest BCUT2D eigenvalue weighted by molar-refractivity contribution is 7.18. The molecule has 2 aliphatic rings. The number of hydrogen-bond acceptors (Lipinski definition) is 6. The van der Waals surface area contributed by atoms with Crippen molar-refractivity contribution in [2.24, 2.45) is 5.92 Å². The fourth-order valence-electron chi connectivity index (χ4n) is 5.43. The average molecular weight is 481 g/mol. The molecular formula is C27H32N2O4S. The molecule has 180 valence electrons. The Labute approximate surface area is 204 Å². The molecule has 3 atom stereocenters. The minimum atomic E-state index is -0.273. The monoisotopic (exact) mass is 480 g/mol. The van der Waals surface area contributed by atoms with Gasteiger partial charge in [0, 0.05) is 36.0 Å². The third kappa shape index (κ3) is 4.68. The summed E-state index contributed by atoms with van der Waals surface area (Å²) >= 11 is 1.67. The number of ether oxygens (including phenoxy) is 2. The van der Waals surface area contributed by atoms with E-state index in [0.29, 0.717) is 5.56 Å². The van der Waals surface area contributed by atoms with Gasteiger partial charge in [0.15, 0.2) is 6.61 Å². The van der Waals surface area contributed by atoms with Crippen molar-refractivity contribution in [1.82, 2.24) is 9.55 Å². The van der Waals surface area contributed by atoms with E-state index in [2.05, 4.69) is 10.6 Å². The number of carbonyl (C=O) groups excluding carboxylic acids is 2. The van der Waals surface area contributed by atoms with Gasteiger partial charge < -0.3 is 14.0 Å². The molecule has 3 aromatic rings. The zero-order valence-electron chi connectivity index (χ0n) is 19.9. The zero-order valence-corrected chi connectivity index (χ0v) is 20.7. The number of esters is 1. The van der Waals surface area contributed by atoms with Gasteiger partial charge in [-0.05, 0) is 57.7 Å². The lowest BCUT2D eigenvalue weighted by molar-refractivity contribution is -0.149. The third-order valence-electron chi connectivity index (χ3n) is 7.33. The van der Waals surface area contributed by atoms with Gasteiger partial charge in [0.25, 0.3) is 0 Å². The highest BCUT2D eigenvalue weighted by Crippen LogP contribution is 2.41. The van der Waals surface area contributed by atoms with Gasteiger partial charge >= 0.3 is 5.97 Å². The van der Waals surface area contributed by atoms with E-state index in [-0.39, 0.29) is 36.3 Å². The molecule has 34 heavy (non-hydrogen) atoms. The second kappa shape index (κ2) is 10.0. The maximum absolute atomic E-state index is 13.1. The van der Waals surface area contributed by atoms with Crippen LogP contribution in [0.3, 0.4) is 0 Å². The van der Waals surface area contributed by atoms with Gasteiger partial charge in [-0.3, -0.25) is 9.59 Å². The van der Waals surface area contributed by atoms with Crippen LogP contribution in [-0.4, -0.2) is 40.6 Å². The van der Waals surface area contributed by atoms with Gasteiger partial charge in [0.1, 0.15) is 0 Å². The molecule has 2 aromatic heterocycles. The first-order valence-corrected chi connectivity index (χ1v) is 13.2. The average Bonchev–Trinajstić information content (AvgIpc) is 3.58. The number of fused-ring (bicyclic) bond motifs is 1. The van der Waals surface area contributed by atoms with Crippen LogP contribution >= 0.6 is 11.3 Å². The highest BCUT2D eigenvalue weighted by Gasteiger charge is 2.35. The van der Waals surface area contributed by atoms with Gasteiger partial charge in [0.2, 0.25) is 5.78 Å². The summed E-state index contributed by atoms with van der Waals surface area (Å²) in [6.07, 6.45) is 6.14. The van der Waals surface area contributed by atoms with E-state index in [1.165, 1.54) is 0 Å². The predicted molar refractivity (Wildman–Crippen MR) is 132 cm³/mol. The van der Waals surface area contributed by atoms with Gasteiger partial charge in [0.05, 0.1) is 27.2 Å². The Bertz CT molecular complexity index is 1160. The lowest BCUT2D eigenvalue weighted by Gasteiger charge is -2.28. The second-order valence-corrected chi connectivity index (χ2v) is 10.6. The number of carbonyl (C=O) groups is 2. The molecule has 7 heteroatoms. The number of benzene rings is 1. The first-order valence-electron chi connectivity index (χ1n) is 12.3. The number of rotatable bonds is 7. The molecule has 0 bridgehead atoms. The summed E-state index contributed by atoms with van der Waals surface area (Å²) in [6.45, 7) is 5.32. The van der Waals surface area contributed by atoms with E-state index in [1.807, 2.05) is 38.1 Å². The van der Waals surface area contributed by atoms with Crippen molar-refractivity contribution < 1.29 is 19.1 Å². The third-order valence-corrected chi connectivity index (χ3v) is 8.49. The predicted octanol–water partition coefficient (Wildman–Crippen LogP) is 5.59. The summed E-state index contributed by atoms with van der Waals surface area (Å²) in [5.41, 5.74) is 3.56. The maximum Gasteiger partial charge on any atom is 0.310 e. The van der Waals surface area contributed by atoms with Gasteiger partial charge in [-0.2, -0.15) is 0 Å². The number of aryl methyl sites for hydroxylation is 1. The smallest absolute Gasteiger partial charge is 0.310 e. The zero-order chi connectivity index (χ0) is 23.7. The Morgan fingerprint density at radius 2 is 1.97 bits per heavy atom. The summed E-state index contributed by atoms with van der Waals surface area (Å²) in [5, 5.41) is 1.01. The number of nitrogens with zero attached hydrogens (tertiary/aromatic N) is 2. The second-order valence-electron chi connectivity index (χ2n) is 9.58. The summed E-state index contributed by atoms with van der Waals surface area (Å²) in [7, 11) is 0. The highest BCUT2D eigenvalue weighted by atomic mass is 32.1. The normalized spacial score (nSPS) is 22.8. The van der Waals surface area contributed by atoms with Crippen LogP contribution in [0.15, 0.2) is 30.3 Å². The Morgan fingerprint density at radius 3 is 2.76 bits per heavy atom. The molecule has 1 aromatic carbocycles. The van der Waals surface area contributed by atoms with E-state index >= 15 is 0 Å². The van der Waals surface area contributed by atoms with Gasteiger partial charge in [-0.1, -0.05) is 25.0 Å².